The molecule has 152 valence electrons. The van der Waals surface area contributed by atoms with Gasteiger partial charge in [-0.05, 0) is 34.1 Å². The van der Waals surface area contributed by atoms with Crippen LogP contribution in [0.3, 0.4) is 0 Å². The molecule has 0 spiro atoms. The van der Waals surface area contributed by atoms with Crippen molar-refractivity contribution >= 4 is 38.7 Å². The van der Waals surface area contributed by atoms with E-state index in [9.17, 15) is 14.9 Å². The molecule has 0 bridgehead atoms. The van der Waals surface area contributed by atoms with Crippen LogP contribution in [0.5, 0.6) is 5.75 Å². The lowest BCUT2D eigenvalue weighted by Gasteiger charge is -2.30. The van der Waals surface area contributed by atoms with E-state index < -0.39 is 6.09 Å². The van der Waals surface area contributed by atoms with Crippen molar-refractivity contribution < 1.29 is 19.4 Å². The first-order valence-electron chi connectivity index (χ1n) is 9.08. The summed E-state index contributed by atoms with van der Waals surface area (Å²) < 4.78 is 6.81. The van der Waals surface area contributed by atoms with E-state index in [2.05, 4.69) is 20.9 Å². The first kappa shape index (κ1) is 20.7. The van der Waals surface area contributed by atoms with Crippen LogP contribution in [0.1, 0.15) is 23.3 Å². The van der Waals surface area contributed by atoms with Gasteiger partial charge >= 0.3 is 6.09 Å². The van der Waals surface area contributed by atoms with Crippen molar-refractivity contribution in [2.24, 2.45) is 0 Å². The van der Waals surface area contributed by atoms with E-state index in [1.165, 1.54) is 11.1 Å². The van der Waals surface area contributed by atoms with E-state index in [0.29, 0.717) is 37.4 Å². The molecule has 1 aliphatic rings. The normalized spacial score (nSPS) is 15.2. The average Bonchev–Trinajstić information content (AvgIpc) is 3.08. The number of nitrogens with one attached hydrogen (secondary N) is 1. The standard InChI is InChI=1S/C20H21BrN4O4/c1-24(2)11-13(10-22)19(26)17-7-12-8-18(15(21)9-16(12)23-17)29-14-3-5-25(6-4-14)20(27)28/h7-9,11,14,23H,3-6H2,1-2H3,(H,27,28). The van der Waals surface area contributed by atoms with Crippen molar-refractivity contribution in [3.63, 3.8) is 0 Å². The molecule has 1 aliphatic heterocycles. The summed E-state index contributed by atoms with van der Waals surface area (Å²) in [5.41, 5.74) is 1.12. The fourth-order valence-corrected chi connectivity index (χ4v) is 3.67. The molecule has 1 aromatic carbocycles. The number of ether oxygens (including phenoxy) is 1. The monoisotopic (exact) mass is 460 g/mol. The van der Waals surface area contributed by atoms with Crippen LogP contribution in [0.2, 0.25) is 0 Å². The number of hydrogen-bond acceptors (Lipinski definition) is 5. The largest absolute Gasteiger partial charge is 0.489 e. The summed E-state index contributed by atoms with van der Waals surface area (Å²) in [4.78, 5) is 29.7. The maximum absolute atomic E-state index is 12.6. The third-order valence-corrected chi connectivity index (χ3v) is 5.30. The fourth-order valence-electron chi connectivity index (χ4n) is 3.23. The minimum absolute atomic E-state index is 0.0438. The molecule has 2 heterocycles. The Morgan fingerprint density at radius 3 is 2.62 bits per heavy atom. The number of carbonyl (C=O) groups is 2. The van der Waals surface area contributed by atoms with Crippen LogP contribution in [-0.4, -0.2) is 65.1 Å². The number of carboxylic acid groups (broad SMARTS) is 1. The molecule has 3 rings (SSSR count). The number of ketones is 1. The van der Waals surface area contributed by atoms with E-state index in [4.69, 9.17) is 9.84 Å². The van der Waals surface area contributed by atoms with Crippen molar-refractivity contribution in [2.75, 3.05) is 27.2 Å². The Balaban J connectivity index is 1.80. The molecule has 2 aromatic rings. The van der Waals surface area contributed by atoms with Gasteiger partial charge in [-0.25, -0.2) is 4.79 Å². The Kier molecular flexibility index (Phi) is 6.13. The molecule has 0 atom stereocenters. The van der Waals surface area contributed by atoms with Gasteiger partial charge in [-0.15, -0.1) is 0 Å². The molecule has 0 unspecified atom stereocenters. The molecule has 1 amide bonds. The number of rotatable bonds is 5. The fraction of sp³-hybridized carbons (Fsp3) is 0.350. The number of carbonyl (C=O) groups excluding carboxylic acids is 1. The molecule has 8 nitrogen and oxygen atoms in total. The van der Waals surface area contributed by atoms with Crippen molar-refractivity contribution in [3.8, 4) is 11.8 Å². The van der Waals surface area contributed by atoms with E-state index >= 15 is 0 Å². The van der Waals surface area contributed by atoms with Gasteiger partial charge in [0.25, 0.3) is 0 Å². The second-order valence-electron chi connectivity index (χ2n) is 7.09. The zero-order chi connectivity index (χ0) is 21.1. The summed E-state index contributed by atoms with van der Waals surface area (Å²) in [6, 6.07) is 7.29. The Hall–Kier alpha value is -2.99. The van der Waals surface area contributed by atoms with Crippen LogP contribution in [0.4, 0.5) is 4.79 Å². The molecule has 1 aromatic heterocycles. The second-order valence-corrected chi connectivity index (χ2v) is 7.94. The number of halogens is 1. The van der Waals surface area contributed by atoms with Gasteiger partial charge in [0.05, 0.1) is 10.2 Å². The molecular weight excluding hydrogens is 440 g/mol. The van der Waals surface area contributed by atoms with Crippen molar-refractivity contribution in [3.05, 3.63) is 40.1 Å². The van der Waals surface area contributed by atoms with E-state index in [1.807, 2.05) is 18.2 Å². The molecule has 1 saturated heterocycles. The smallest absolute Gasteiger partial charge is 0.407 e. The third kappa shape index (κ3) is 4.71. The lowest BCUT2D eigenvalue weighted by molar-refractivity contribution is 0.0891. The lowest BCUT2D eigenvalue weighted by Crippen LogP contribution is -2.41. The average molecular weight is 461 g/mol. The molecule has 1 fully saturated rings. The van der Waals surface area contributed by atoms with Gasteiger partial charge in [0, 0.05) is 57.1 Å². The number of nitrogens with zero attached hydrogens (tertiary/aromatic N) is 3. The van der Waals surface area contributed by atoms with Gasteiger partial charge in [0.1, 0.15) is 23.5 Å². The van der Waals surface area contributed by atoms with Gasteiger partial charge in [0.15, 0.2) is 0 Å². The minimum Gasteiger partial charge on any atom is -0.489 e. The maximum Gasteiger partial charge on any atom is 0.407 e. The predicted molar refractivity (Wildman–Crippen MR) is 111 cm³/mol. The van der Waals surface area contributed by atoms with Gasteiger partial charge < -0.3 is 24.6 Å². The highest BCUT2D eigenvalue weighted by Crippen LogP contribution is 2.33. The quantitative estimate of drug-likeness (QED) is 0.400. The summed E-state index contributed by atoms with van der Waals surface area (Å²) in [6.45, 7) is 0.885. The summed E-state index contributed by atoms with van der Waals surface area (Å²) in [5, 5.41) is 19.1. The maximum atomic E-state index is 12.6. The highest BCUT2D eigenvalue weighted by molar-refractivity contribution is 9.10. The second kappa shape index (κ2) is 8.57. The van der Waals surface area contributed by atoms with Gasteiger partial charge in [0.2, 0.25) is 5.78 Å². The van der Waals surface area contributed by atoms with Crippen LogP contribution in [0, 0.1) is 11.3 Å². The highest BCUT2D eigenvalue weighted by atomic mass is 79.9. The number of benzene rings is 1. The first-order valence-corrected chi connectivity index (χ1v) is 9.87. The first-order chi connectivity index (χ1) is 13.8. The number of likely N-dealkylation sites (tertiary alicyclic amines) is 1. The third-order valence-electron chi connectivity index (χ3n) is 4.68. The summed E-state index contributed by atoms with van der Waals surface area (Å²) in [6.07, 6.45) is 1.74. The molecule has 0 aliphatic carbocycles. The lowest BCUT2D eigenvalue weighted by atomic mass is 10.1. The van der Waals surface area contributed by atoms with Gasteiger partial charge in [-0.2, -0.15) is 5.26 Å². The number of aromatic amines is 1. The van der Waals surface area contributed by atoms with Gasteiger partial charge in [-0.3, -0.25) is 4.79 Å². The predicted octanol–water partition coefficient (Wildman–Crippen LogP) is 3.60. The number of hydrogen-bond donors (Lipinski definition) is 2. The Morgan fingerprint density at radius 1 is 1.34 bits per heavy atom. The number of nitriles is 1. The number of piperidine rings is 1. The van der Waals surface area contributed by atoms with E-state index in [0.717, 1.165) is 15.4 Å². The SMILES string of the molecule is CN(C)C=C(C#N)C(=O)c1cc2cc(OC3CCN(C(=O)O)CC3)c(Br)cc2[nH]1. The van der Waals surface area contributed by atoms with E-state index in [-0.39, 0.29) is 17.5 Å². The van der Waals surface area contributed by atoms with Crippen LogP contribution < -0.4 is 4.74 Å². The summed E-state index contributed by atoms with van der Waals surface area (Å²) in [5.74, 6) is 0.255. The molecule has 2 N–H and O–H groups in total. The number of amides is 1. The number of Topliss-reactive ketones (excluding diaryl/α,β-unsaturated/α-hetero) is 1. The molecule has 0 radical (unpaired) electrons. The van der Waals surface area contributed by atoms with E-state index in [1.54, 1.807) is 25.1 Å². The van der Waals surface area contributed by atoms with Crippen LogP contribution in [0.25, 0.3) is 10.9 Å². The van der Waals surface area contributed by atoms with Crippen molar-refractivity contribution in [1.29, 1.82) is 5.26 Å². The van der Waals surface area contributed by atoms with Crippen LogP contribution >= 0.6 is 15.9 Å². The Morgan fingerprint density at radius 2 is 2.03 bits per heavy atom. The van der Waals surface area contributed by atoms with Crippen molar-refractivity contribution in [2.45, 2.75) is 18.9 Å². The number of aromatic nitrogens is 1. The highest BCUT2D eigenvalue weighted by Gasteiger charge is 2.24. The van der Waals surface area contributed by atoms with Crippen LogP contribution in [-0.2, 0) is 0 Å². The van der Waals surface area contributed by atoms with Crippen LogP contribution in [0.15, 0.2) is 34.4 Å². The summed E-state index contributed by atoms with van der Waals surface area (Å²) >= 11 is 3.50. The van der Waals surface area contributed by atoms with Crippen molar-refractivity contribution in [1.82, 2.24) is 14.8 Å². The van der Waals surface area contributed by atoms with Gasteiger partial charge in [-0.1, -0.05) is 0 Å². The Labute approximate surface area is 176 Å². The topological polar surface area (TPSA) is 110 Å². The molecular formula is C20H21BrN4O4. The summed E-state index contributed by atoms with van der Waals surface area (Å²) in [7, 11) is 3.50. The molecule has 9 heteroatoms. The molecule has 0 saturated carbocycles. The zero-order valence-corrected chi connectivity index (χ0v) is 17.7. The zero-order valence-electron chi connectivity index (χ0n) is 16.1. The Bertz CT molecular complexity index is 1010. The molecule has 29 heavy (non-hydrogen) atoms. The number of fused-ring (bicyclic) bond motifs is 1. The minimum atomic E-state index is -0.907. The number of H-pyrrole nitrogens is 1. The number of allylic oxidation sites excluding steroid dienone is 1.